The van der Waals surface area contributed by atoms with E-state index >= 15 is 0 Å². The molecule has 3 aromatic rings. The highest BCUT2D eigenvalue weighted by molar-refractivity contribution is 7.98. The van der Waals surface area contributed by atoms with E-state index in [9.17, 15) is 18.4 Å². The molecule has 0 aliphatic heterocycles. The minimum Gasteiger partial charge on any atom is -0.462 e. The number of pyridine rings is 2. The maximum atomic E-state index is 13.3. The third kappa shape index (κ3) is 7.96. The van der Waals surface area contributed by atoms with Crippen molar-refractivity contribution >= 4 is 35.3 Å². The minimum absolute atomic E-state index is 0.0201. The summed E-state index contributed by atoms with van der Waals surface area (Å²) in [6, 6.07) is 9.32. The summed E-state index contributed by atoms with van der Waals surface area (Å²) < 4.78 is 40.9. The van der Waals surface area contributed by atoms with Crippen molar-refractivity contribution in [1.29, 1.82) is 0 Å². The smallest absolute Gasteiger partial charge is 0.343 e. The van der Waals surface area contributed by atoms with Gasteiger partial charge in [0.25, 0.3) is 0 Å². The van der Waals surface area contributed by atoms with E-state index in [1.807, 2.05) is 18.4 Å². The second kappa shape index (κ2) is 13.5. The molecule has 11 heteroatoms. The fourth-order valence-corrected chi connectivity index (χ4v) is 2.98. The average molecular weight is 511 g/mol. The summed E-state index contributed by atoms with van der Waals surface area (Å²) in [5, 5.41) is -0.0557. The van der Waals surface area contributed by atoms with Crippen molar-refractivity contribution in [3.63, 3.8) is 0 Å². The molecule has 0 unspecified atom stereocenters. The van der Waals surface area contributed by atoms with E-state index in [4.69, 9.17) is 21.1 Å². The van der Waals surface area contributed by atoms with Gasteiger partial charge >= 0.3 is 11.9 Å². The van der Waals surface area contributed by atoms with Gasteiger partial charge < -0.3 is 14.2 Å². The number of carbonyl (C=O) groups is 2. The van der Waals surface area contributed by atoms with Crippen LogP contribution in [0.15, 0.2) is 53.7 Å². The second-order valence-electron chi connectivity index (χ2n) is 6.22. The van der Waals surface area contributed by atoms with Gasteiger partial charge in [0, 0.05) is 4.90 Å². The molecule has 0 aliphatic rings. The maximum Gasteiger partial charge on any atom is 0.343 e. The largest absolute Gasteiger partial charge is 0.462 e. The number of benzene rings is 1. The molecule has 0 aliphatic carbocycles. The Kier molecular flexibility index (Phi) is 10.7. The Bertz CT molecular complexity index is 1130. The van der Waals surface area contributed by atoms with Gasteiger partial charge in [-0.3, -0.25) is 0 Å². The lowest BCUT2D eigenvalue weighted by molar-refractivity contribution is 0.0514. The first-order valence-electron chi connectivity index (χ1n) is 9.91. The van der Waals surface area contributed by atoms with Crippen molar-refractivity contribution in [2.45, 2.75) is 18.7 Å². The Morgan fingerprint density at radius 2 is 1.44 bits per heavy atom. The van der Waals surface area contributed by atoms with E-state index in [1.165, 1.54) is 0 Å². The van der Waals surface area contributed by atoms with E-state index in [1.54, 1.807) is 37.7 Å². The van der Waals surface area contributed by atoms with Crippen molar-refractivity contribution in [3.8, 4) is 11.6 Å². The number of rotatable bonds is 7. The van der Waals surface area contributed by atoms with Gasteiger partial charge in [-0.25, -0.2) is 28.3 Å². The highest BCUT2D eigenvalue weighted by atomic mass is 35.5. The van der Waals surface area contributed by atoms with Crippen LogP contribution in [0.25, 0.3) is 0 Å². The summed E-state index contributed by atoms with van der Waals surface area (Å²) >= 11 is 7.15. The molecule has 2 heterocycles. The molecular weight excluding hydrogens is 490 g/mol. The standard InChI is InChI=1S/C15H14FNO3S.C8H7ClFNO2/c1-3-19-15(18)13-8-10(16)9-17-14(13)20-11-4-6-12(21-2)7-5-11;1-2-13-8(12)6-3-5(10)4-11-7(6)9/h4-9H,3H2,1-2H3;3-4H,2H2,1H3. The van der Waals surface area contributed by atoms with Crippen LogP contribution in [0.5, 0.6) is 11.6 Å². The Labute approximate surface area is 204 Å². The summed E-state index contributed by atoms with van der Waals surface area (Å²) in [5.74, 6) is -2.04. The predicted molar refractivity (Wildman–Crippen MR) is 124 cm³/mol. The zero-order chi connectivity index (χ0) is 25.1. The fraction of sp³-hybridized carbons (Fsp3) is 0.217. The molecule has 1 aromatic carbocycles. The number of hydrogen-bond acceptors (Lipinski definition) is 8. The Morgan fingerprint density at radius 1 is 0.912 bits per heavy atom. The van der Waals surface area contributed by atoms with Gasteiger partial charge in [0.2, 0.25) is 5.88 Å². The van der Waals surface area contributed by atoms with E-state index in [-0.39, 0.29) is 35.4 Å². The molecule has 0 atom stereocenters. The molecule has 2 aromatic heterocycles. The van der Waals surface area contributed by atoms with Crippen LogP contribution < -0.4 is 4.74 Å². The number of hydrogen-bond donors (Lipinski definition) is 0. The van der Waals surface area contributed by atoms with Crippen LogP contribution in [-0.2, 0) is 9.47 Å². The molecule has 0 bridgehead atoms. The Hall–Kier alpha value is -3.24. The molecule has 7 nitrogen and oxygen atoms in total. The van der Waals surface area contributed by atoms with Gasteiger partial charge in [-0.2, -0.15) is 0 Å². The zero-order valence-electron chi connectivity index (χ0n) is 18.5. The monoisotopic (exact) mass is 510 g/mol. The third-order valence-corrected chi connectivity index (χ3v) is 4.93. The fourth-order valence-electron chi connectivity index (χ4n) is 2.39. The molecular formula is C23H21ClF2N2O5S. The van der Waals surface area contributed by atoms with Crippen LogP contribution in [-0.4, -0.2) is 41.4 Å². The molecule has 0 saturated heterocycles. The number of thioether (sulfide) groups is 1. The molecule has 0 N–H and O–H groups in total. The van der Waals surface area contributed by atoms with Crippen LogP contribution in [0.2, 0.25) is 5.15 Å². The van der Waals surface area contributed by atoms with Crippen LogP contribution in [0.1, 0.15) is 34.6 Å². The lowest BCUT2D eigenvalue weighted by atomic mass is 10.2. The number of halogens is 3. The van der Waals surface area contributed by atoms with E-state index < -0.39 is 23.6 Å². The van der Waals surface area contributed by atoms with Crippen molar-refractivity contribution in [2.75, 3.05) is 19.5 Å². The Balaban J connectivity index is 0.000000270. The van der Waals surface area contributed by atoms with Gasteiger partial charge in [-0.15, -0.1) is 11.8 Å². The molecule has 0 radical (unpaired) electrons. The molecule has 3 rings (SSSR count). The minimum atomic E-state index is -0.667. The first-order valence-corrected chi connectivity index (χ1v) is 11.5. The highest BCUT2D eigenvalue weighted by Gasteiger charge is 2.17. The van der Waals surface area contributed by atoms with Gasteiger partial charge in [0.05, 0.1) is 31.2 Å². The maximum absolute atomic E-state index is 13.3. The second-order valence-corrected chi connectivity index (χ2v) is 7.45. The van der Waals surface area contributed by atoms with Gasteiger partial charge in [0.1, 0.15) is 28.1 Å². The van der Waals surface area contributed by atoms with Crippen LogP contribution in [0.4, 0.5) is 8.78 Å². The first-order chi connectivity index (χ1) is 16.3. The van der Waals surface area contributed by atoms with Crippen molar-refractivity contribution in [1.82, 2.24) is 9.97 Å². The van der Waals surface area contributed by atoms with Crippen LogP contribution >= 0.6 is 23.4 Å². The number of carbonyl (C=O) groups excluding carboxylic acids is 2. The summed E-state index contributed by atoms with van der Waals surface area (Å²) in [7, 11) is 0. The predicted octanol–water partition coefficient (Wildman–Crippen LogP) is 5.96. The quantitative estimate of drug-likeness (QED) is 0.218. The average Bonchev–Trinajstić information content (AvgIpc) is 2.83. The van der Waals surface area contributed by atoms with Gasteiger partial charge in [-0.1, -0.05) is 11.6 Å². The summed E-state index contributed by atoms with van der Waals surface area (Å²) in [6.45, 7) is 3.73. The molecule has 0 spiro atoms. The number of nitrogens with zero attached hydrogens (tertiary/aromatic N) is 2. The molecule has 34 heavy (non-hydrogen) atoms. The topological polar surface area (TPSA) is 87.6 Å². The summed E-state index contributed by atoms with van der Waals surface area (Å²) in [5.41, 5.74) is -0.0886. The third-order valence-electron chi connectivity index (χ3n) is 3.89. The Morgan fingerprint density at radius 3 is 2.00 bits per heavy atom. The van der Waals surface area contributed by atoms with E-state index in [0.29, 0.717) is 5.75 Å². The highest BCUT2D eigenvalue weighted by Crippen LogP contribution is 2.26. The summed E-state index contributed by atoms with van der Waals surface area (Å²) in [6.07, 6.45) is 3.90. The summed E-state index contributed by atoms with van der Waals surface area (Å²) in [4.78, 5) is 31.3. The van der Waals surface area contributed by atoms with Crippen LogP contribution in [0, 0.1) is 11.6 Å². The lowest BCUT2D eigenvalue weighted by Gasteiger charge is -2.09. The number of esters is 2. The van der Waals surface area contributed by atoms with Crippen molar-refractivity contribution in [2.24, 2.45) is 0 Å². The SMILES string of the molecule is CCOC(=O)c1cc(F)cnc1Cl.CCOC(=O)c1cc(F)cnc1Oc1ccc(SC)cc1. The zero-order valence-corrected chi connectivity index (χ0v) is 20.1. The molecule has 180 valence electrons. The molecule has 0 saturated carbocycles. The van der Waals surface area contributed by atoms with E-state index in [2.05, 4.69) is 14.7 Å². The van der Waals surface area contributed by atoms with E-state index in [0.717, 1.165) is 29.4 Å². The van der Waals surface area contributed by atoms with Gasteiger partial charge in [-0.05, 0) is 56.5 Å². The van der Waals surface area contributed by atoms with Crippen LogP contribution in [0.3, 0.4) is 0 Å². The lowest BCUT2D eigenvalue weighted by Crippen LogP contribution is -2.08. The van der Waals surface area contributed by atoms with Gasteiger partial charge in [0.15, 0.2) is 0 Å². The van der Waals surface area contributed by atoms with Crippen molar-refractivity contribution in [3.05, 3.63) is 76.7 Å². The molecule has 0 fully saturated rings. The first kappa shape index (κ1) is 27.0. The number of ether oxygens (including phenoxy) is 3. The normalized spacial score (nSPS) is 10.1. The number of aromatic nitrogens is 2. The molecule has 0 amide bonds. The van der Waals surface area contributed by atoms with Crippen molar-refractivity contribution < 1.29 is 32.6 Å².